The lowest BCUT2D eigenvalue weighted by molar-refractivity contribution is 0.000801. The van der Waals surface area contributed by atoms with Gasteiger partial charge in [0, 0.05) is 5.54 Å². The van der Waals surface area contributed by atoms with E-state index in [1.165, 1.54) is 6.07 Å². The fourth-order valence-electron chi connectivity index (χ4n) is 1.95. The lowest BCUT2D eigenvalue weighted by Gasteiger charge is -2.40. The van der Waals surface area contributed by atoms with Crippen molar-refractivity contribution in [3.05, 3.63) is 35.1 Å². The number of benzene rings is 1. The van der Waals surface area contributed by atoms with Gasteiger partial charge >= 0.3 is 0 Å². The SMILES string of the molecule is CCC(C)(C(O)c1ccc(F)c(C)c1)N(C)C. The van der Waals surface area contributed by atoms with Crippen LogP contribution in [0, 0.1) is 12.7 Å². The summed E-state index contributed by atoms with van der Waals surface area (Å²) >= 11 is 0. The molecule has 17 heavy (non-hydrogen) atoms. The zero-order valence-corrected chi connectivity index (χ0v) is 11.3. The standard InChI is InChI=1S/C14H22FNO/c1-6-14(3,16(4)5)13(17)11-7-8-12(15)10(2)9-11/h7-9,13,17H,6H2,1-5H3. The van der Waals surface area contributed by atoms with E-state index in [4.69, 9.17) is 0 Å². The molecule has 1 aromatic carbocycles. The number of halogens is 1. The Morgan fingerprint density at radius 3 is 2.41 bits per heavy atom. The van der Waals surface area contributed by atoms with Crippen LogP contribution in [0.5, 0.6) is 0 Å². The van der Waals surface area contributed by atoms with Crippen molar-refractivity contribution in [3.63, 3.8) is 0 Å². The first-order valence-electron chi connectivity index (χ1n) is 5.94. The normalized spacial score (nSPS) is 16.9. The highest BCUT2D eigenvalue weighted by Gasteiger charge is 2.34. The Bertz CT molecular complexity index is 392. The molecule has 0 heterocycles. The summed E-state index contributed by atoms with van der Waals surface area (Å²) in [6.07, 6.45) is 0.194. The number of hydrogen-bond donors (Lipinski definition) is 1. The summed E-state index contributed by atoms with van der Waals surface area (Å²) in [5, 5.41) is 10.5. The zero-order chi connectivity index (χ0) is 13.2. The van der Waals surface area contributed by atoms with Crippen LogP contribution in [0.4, 0.5) is 4.39 Å². The van der Waals surface area contributed by atoms with Gasteiger partial charge in [0.1, 0.15) is 5.82 Å². The van der Waals surface area contributed by atoms with Gasteiger partial charge in [-0.3, -0.25) is 0 Å². The summed E-state index contributed by atoms with van der Waals surface area (Å²) in [5.74, 6) is -0.232. The lowest BCUT2D eigenvalue weighted by Crippen LogP contribution is -2.46. The van der Waals surface area contributed by atoms with Gasteiger partial charge in [0.15, 0.2) is 0 Å². The number of aliphatic hydroxyl groups is 1. The molecule has 1 rings (SSSR count). The van der Waals surface area contributed by atoms with Gasteiger partial charge in [0.2, 0.25) is 0 Å². The van der Waals surface area contributed by atoms with Crippen LogP contribution in [0.1, 0.15) is 37.5 Å². The van der Waals surface area contributed by atoms with Crippen molar-refractivity contribution in [1.29, 1.82) is 0 Å². The van der Waals surface area contributed by atoms with Crippen LogP contribution < -0.4 is 0 Å². The molecule has 0 saturated heterocycles. The summed E-state index contributed by atoms with van der Waals surface area (Å²) in [7, 11) is 3.90. The van der Waals surface area contributed by atoms with Gasteiger partial charge in [-0.2, -0.15) is 0 Å². The molecule has 0 saturated carbocycles. The summed E-state index contributed by atoms with van der Waals surface area (Å²) in [4.78, 5) is 2.01. The van der Waals surface area contributed by atoms with Crippen LogP contribution >= 0.6 is 0 Å². The molecule has 0 bridgehead atoms. The fraction of sp³-hybridized carbons (Fsp3) is 0.571. The van der Waals surface area contributed by atoms with Crippen molar-refractivity contribution in [1.82, 2.24) is 4.90 Å². The molecule has 3 heteroatoms. The molecule has 96 valence electrons. The maximum atomic E-state index is 13.2. The molecule has 0 fully saturated rings. The second-order valence-electron chi connectivity index (χ2n) is 5.02. The molecule has 1 N–H and O–H groups in total. The Morgan fingerprint density at radius 2 is 2.00 bits per heavy atom. The first kappa shape index (κ1) is 14.1. The molecule has 0 spiro atoms. The fourth-order valence-corrected chi connectivity index (χ4v) is 1.95. The largest absolute Gasteiger partial charge is 0.386 e. The van der Waals surface area contributed by atoms with Gasteiger partial charge in [-0.25, -0.2) is 4.39 Å². The number of aryl methyl sites for hydroxylation is 1. The zero-order valence-electron chi connectivity index (χ0n) is 11.3. The highest BCUT2D eigenvalue weighted by molar-refractivity contribution is 5.27. The van der Waals surface area contributed by atoms with Crippen molar-refractivity contribution >= 4 is 0 Å². The van der Waals surface area contributed by atoms with Gasteiger partial charge in [0.25, 0.3) is 0 Å². The number of rotatable bonds is 4. The van der Waals surface area contributed by atoms with E-state index in [1.807, 2.05) is 32.8 Å². The Labute approximate surface area is 103 Å². The topological polar surface area (TPSA) is 23.5 Å². The quantitative estimate of drug-likeness (QED) is 0.873. The Kier molecular flexibility index (Phi) is 4.28. The third-order valence-corrected chi connectivity index (χ3v) is 3.82. The molecular weight excluding hydrogens is 217 g/mol. The number of nitrogens with zero attached hydrogens (tertiary/aromatic N) is 1. The van der Waals surface area contributed by atoms with Crippen molar-refractivity contribution in [2.75, 3.05) is 14.1 Å². The monoisotopic (exact) mass is 239 g/mol. The minimum Gasteiger partial charge on any atom is -0.386 e. The molecule has 1 aromatic rings. The molecule has 2 unspecified atom stereocenters. The van der Waals surface area contributed by atoms with Crippen LogP contribution in [-0.2, 0) is 0 Å². The second-order valence-corrected chi connectivity index (χ2v) is 5.02. The van der Waals surface area contributed by atoms with Gasteiger partial charge in [0.05, 0.1) is 6.10 Å². The average molecular weight is 239 g/mol. The molecule has 0 aliphatic carbocycles. The van der Waals surface area contributed by atoms with Crippen LogP contribution in [0.3, 0.4) is 0 Å². The van der Waals surface area contributed by atoms with E-state index in [1.54, 1.807) is 19.1 Å². The predicted molar refractivity (Wildman–Crippen MR) is 68.5 cm³/mol. The van der Waals surface area contributed by atoms with E-state index in [2.05, 4.69) is 0 Å². The highest BCUT2D eigenvalue weighted by Crippen LogP contribution is 2.33. The molecule has 0 aliphatic rings. The van der Waals surface area contributed by atoms with Crippen molar-refractivity contribution in [2.24, 2.45) is 0 Å². The molecule has 0 aromatic heterocycles. The van der Waals surface area contributed by atoms with Crippen molar-refractivity contribution < 1.29 is 9.50 Å². The third kappa shape index (κ3) is 2.67. The number of hydrogen-bond acceptors (Lipinski definition) is 2. The van der Waals surface area contributed by atoms with Gasteiger partial charge < -0.3 is 10.0 Å². The second kappa shape index (κ2) is 5.15. The van der Waals surface area contributed by atoms with E-state index < -0.39 is 6.10 Å². The Morgan fingerprint density at radius 1 is 1.41 bits per heavy atom. The molecule has 0 amide bonds. The molecule has 2 atom stereocenters. The van der Waals surface area contributed by atoms with E-state index in [0.717, 1.165) is 12.0 Å². The maximum absolute atomic E-state index is 13.2. The van der Waals surface area contributed by atoms with E-state index in [9.17, 15) is 9.50 Å². The molecule has 0 aliphatic heterocycles. The van der Waals surface area contributed by atoms with E-state index in [-0.39, 0.29) is 11.4 Å². The minimum atomic E-state index is -0.623. The van der Waals surface area contributed by atoms with E-state index in [0.29, 0.717) is 5.56 Å². The van der Waals surface area contributed by atoms with Crippen LogP contribution in [0.2, 0.25) is 0 Å². The molecule has 0 radical (unpaired) electrons. The van der Waals surface area contributed by atoms with Gasteiger partial charge in [-0.05, 0) is 51.6 Å². The van der Waals surface area contributed by atoms with Crippen molar-refractivity contribution in [2.45, 2.75) is 38.8 Å². The maximum Gasteiger partial charge on any atom is 0.126 e. The summed E-state index contributed by atoms with van der Waals surface area (Å²) in [6.45, 7) is 5.76. The Hall–Kier alpha value is -0.930. The number of likely N-dealkylation sites (N-methyl/N-ethyl adjacent to an activating group) is 1. The first-order valence-corrected chi connectivity index (χ1v) is 5.94. The minimum absolute atomic E-state index is 0.232. The van der Waals surface area contributed by atoms with Crippen LogP contribution in [0.25, 0.3) is 0 Å². The van der Waals surface area contributed by atoms with Gasteiger partial charge in [-0.15, -0.1) is 0 Å². The summed E-state index contributed by atoms with van der Waals surface area (Å²) < 4.78 is 13.2. The summed E-state index contributed by atoms with van der Waals surface area (Å²) in [6, 6.07) is 4.79. The molecule has 2 nitrogen and oxygen atoms in total. The van der Waals surface area contributed by atoms with Crippen LogP contribution in [0.15, 0.2) is 18.2 Å². The smallest absolute Gasteiger partial charge is 0.126 e. The molecular formula is C14H22FNO. The predicted octanol–water partition coefficient (Wildman–Crippen LogP) is 2.90. The van der Waals surface area contributed by atoms with E-state index >= 15 is 0 Å². The highest BCUT2D eigenvalue weighted by atomic mass is 19.1. The first-order chi connectivity index (χ1) is 7.82. The van der Waals surface area contributed by atoms with Crippen molar-refractivity contribution in [3.8, 4) is 0 Å². The van der Waals surface area contributed by atoms with Gasteiger partial charge in [-0.1, -0.05) is 19.1 Å². The van der Waals surface area contributed by atoms with Crippen LogP contribution in [-0.4, -0.2) is 29.6 Å². The number of aliphatic hydroxyl groups excluding tert-OH is 1. The average Bonchev–Trinajstić information content (AvgIpc) is 2.30. The summed E-state index contributed by atoms with van der Waals surface area (Å²) in [5.41, 5.74) is 0.991. The Balaban J connectivity index is 3.10. The lowest BCUT2D eigenvalue weighted by atomic mass is 9.85. The third-order valence-electron chi connectivity index (χ3n) is 3.82.